The fraction of sp³-hybridized carbons (Fsp3) is 0.579. The molecule has 6 heteroatoms. The van der Waals surface area contributed by atoms with E-state index in [9.17, 15) is 4.79 Å². The maximum atomic E-state index is 12.5. The number of fused-ring (bicyclic) bond motifs is 2. The average Bonchev–Trinajstić information content (AvgIpc) is 3.27. The Morgan fingerprint density at radius 2 is 1.76 bits per heavy atom. The normalized spacial score (nSPS) is 25.0. The molecule has 1 aromatic rings. The number of ether oxygens (including phenoxy) is 3. The molecule has 0 saturated heterocycles. The van der Waals surface area contributed by atoms with Crippen molar-refractivity contribution in [2.75, 3.05) is 21.3 Å². The first-order valence-electron chi connectivity index (χ1n) is 8.71. The monoisotopic (exact) mass is 346 g/mol. The smallest absolute Gasteiger partial charge is 0.271 e. The van der Waals surface area contributed by atoms with Crippen molar-refractivity contribution < 1.29 is 19.0 Å². The summed E-state index contributed by atoms with van der Waals surface area (Å²) in [6, 6.07) is 3.25. The highest BCUT2D eigenvalue weighted by atomic mass is 16.5. The number of rotatable bonds is 6. The molecule has 1 N–H and O–H groups in total. The second-order valence-electron chi connectivity index (χ2n) is 6.89. The van der Waals surface area contributed by atoms with Gasteiger partial charge in [-0.25, -0.2) is 5.43 Å². The molecule has 3 atom stereocenters. The zero-order chi connectivity index (χ0) is 18.0. The van der Waals surface area contributed by atoms with Crippen molar-refractivity contribution in [1.29, 1.82) is 0 Å². The maximum Gasteiger partial charge on any atom is 0.271 e. The Labute approximate surface area is 148 Å². The zero-order valence-corrected chi connectivity index (χ0v) is 15.3. The Hall–Kier alpha value is -2.24. The molecule has 0 spiro atoms. The lowest BCUT2D eigenvalue weighted by atomic mass is 9.86. The first-order valence-corrected chi connectivity index (χ1v) is 8.71. The maximum absolute atomic E-state index is 12.5. The summed E-state index contributed by atoms with van der Waals surface area (Å²) in [4.78, 5) is 12.5. The molecule has 2 saturated carbocycles. The molecule has 2 aliphatic carbocycles. The quantitative estimate of drug-likeness (QED) is 0.634. The molecule has 0 aromatic heterocycles. The fourth-order valence-electron chi connectivity index (χ4n) is 4.25. The minimum Gasteiger partial charge on any atom is -0.493 e. The van der Waals surface area contributed by atoms with E-state index in [1.807, 2.05) is 6.92 Å². The highest BCUT2D eigenvalue weighted by Gasteiger charge is 2.40. The molecule has 2 aliphatic rings. The topological polar surface area (TPSA) is 69.2 Å². The number of hydrogen-bond donors (Lipinski definition) is 1. The summed E-state index contributed by atoms with van der Waals surface area (Å²) in [6.07, 6.45) is 5.17. The number of nitrogens with zero attached hydrogens (tertiary/aromatic N) is 1. The standard InChI is InChI=1S/C19H26N2O4/c1-11(15-8-12-5-6-13(15)7-12)20-21-19(22)14-9-16(23-2)18(25-4)17(10-14)24-3/h9-10,12-13,15H,5-8H2,1-4H3,(H,21,22)/t12-,13+,15+/m0/s1. The molecule has 2 fully saturated rings. The third kappa shape index (κ3) is 3.43. The number of hydrazone groups is 1. The zero-order valence-electron chi connectivity index (χ0n) is 15.3. The predicted octanol–water partition coefficient (Wildman–Crippen LogP) is 3.25. The summed E-state index contributed by atoms with van der Waals surface area (Å²) < 4.78 is 15.9. The van der Waals surface area contributed by atoms with Crippen molar-refractivity contribution in [1.82, 2.24) is 5.43 Å². The van der Waals surface area contributed by atoms with Crippen LogP contribution in [-0.2, 0) is 0 Å². The number of nitrogens with one attached hydrogen (secondary N) is 1. The average molecular weight is 346 g/mol. The summed E-state index contributed by atoms with van der Waals surface area (Å²) in [5.74, 6) is 3.17. The summed E-state index contributed by atoms with van der Waals surface area (Å²) in [5.41, 5.74) is 4.11. The lowest BCUT2D eigenvalue weighted by Gasteiger charge is -2.21. The second kappa shape index (κ2) is 7.33. The SMILES string of the molecule is COc1cc(C(=O)NN=C(C)[C@H]2C[C@H]3CC[C@@H]2C3)cc(OC)c1OC. The highest BCUT2D eigenvalue weighted by Crippen LogP contribution is 2.48. The van der Waals surface area contributed by atoms with Crippen LogP contribution < -0.4 is 19.6 Å². The molecular formula is C19H26N2O4. The van der Waals surface area contributed by atoms with Gasteiger partial charge >= 0.3 is 0 Å². The number of carbonyl (C=O) groups excluding carboxylic acids is 1. The van der Waals surface area contributed by atoms with E-state index in [-0.39, 0.29) is 5.91 Å². The van der Waals surface area contributed by atoms with Crippen LogP contribution in [0.5, 0.6) is 17.2 Å². The van der Waals surface area contributed by atoms with Gasteiger partial charge in [0, 0.05) is 17.2 Å². The lowest BCUT2D eigenvalue weighted by molar-refractivity contribution is 0.0953. The van der Waals surface area contributed by atoms with Crippen LogP contribution >= 0.6 is 0 Å². The molecule has 3 rings (SSSR count). The van der Waals surface area contributed by atoms with Crippen molar-refractivity contribution in [2.24, 2.45) is 22.9 Å². The van der Waals surface area contributed by atoms with Gasteiger partial charge in [0.05, 0.1) is 21.3 Å². The third-order valence-electron chi connectivity index (χ3n) is 5.54. The summed E-state index contributed by atoms with van der Waals surface area (Å²) >= 11 is 0. The first-order chi connectivity index (χ1) is 12.1. The molecule has 0 heterocycles. The summed E-state index contributed by atoms with van der Waals surface area (Å²) in [7, 11) is 4.58. The first kappa shape index (κ1) is 17.6. The van der Waals surface area contributed by atoms with Crippen molar-refractivity contribution in [3.63, 3.8) is 0 Å². The van der Waals surface area contributed by atoms with Gasteiger partial charge in [-0.3, -0.25) is 4.79 Å². The number of hydrogen-bond acceptors (Lipinski definition) is 5. The molecule has 136 valence electrons. The summed E-state index contributed by atoms with van der Waals surface area (Å²) in [6.45, 7) is 2.01. The minimum atomic E-state index is -0.290. The molecule has 1 amide bonds. The highest BCUT2D eigenvalue weighted by molar-refractivity contribution is 5.96. The van der Waals surface area contributed by atoms with E-state index < -0.39 is 0 Å². The van der Waals surface area contributed by atoms with Gasteiger partial charge in [-0.05, 0) is 50.2 Å². The van der Waals surface area contributed by atoms with Crippen LogP contribution in [-0.4, -0.2) is 32.9 Å². The Kier molecular flexibility index (Phi) is 5.16. The van der Waals surface area contributed by atoms with E-state index in [1.54, 1.807) is 12.1 Å². The van der Waals surface area contributed by atoms with Gasteiger partial charge in [-0.1, -0.05) is 6.42 Å². The number of carbonyl (C=O) groups is 1. The Morgan fingerprint density at radius 3 is 2.24 bits per heavy atom. The van der Waals surface area contributed by atoms with Crippen LogP contribution in [0.1, 0.15) is 43.0 Å². The van der Waals surface area contributed by atoms with Gasteiger partial charge in [0.2, 0.25) is 5.75 Å². The largest absolute Gasteiger partial charge is 0.493 e. The van der Waals surface area contributed by atoms with Gasteiger partial charge in [0.1, 0.15) is 0 Å². The van der Waals surface area contributed by atoms with Crippen LogP contribution in [0.15, 0.2) is 17.2 Å². The van der Waals surface area contributed by atoms with E-state index in [4.69, 9.17) is 14.2 Å². The van der Waals surface area contributed by atoms with E-state index >= 15 is 0 Å². The Balaban J connectivity index is 1.73. The Morgan fingerprint density at radius 1 is 1.08 bits per heavy atom. The second-order valence-corrected chi connectivity index (χ2v) is 6.89. The molecule has 0 aliphatic heterocycles. The minimum absolute atomic E-state index is 0.290. The van der Waals surface area contributed by atoms with Crippen molar-refractivity contribution in [2.45, 2.75) is 32.6 Å². The molecule has 25 heavy (non-hydrogen) atoms. The molecule has 2 bridgehead atoms. The fourth-order valence-corrected chi connectivity index (χ4v) is 4.25. The number of benzene rings is 1. The van der Waals surface area contributed by atoms with Gasteiger partial charge in [0.25, 0.3) is 5.91 Å². The number of amides is 1. The van der Waals surface area contributed by atoms with Crippen LogP contribution in [0.2, 0.25) is 0 Å². The van der Waals surface area contributed by atoms with Gasteiger partial charge in [0.15, 0.2) is 11.5 Å². The van der Waals surface area contributed by atoms with Crippen LogP contribution in [0, 0.1) is 17.8 Å². The third-order valence-corrected chi connectivity index (χ3v) is 5.54. The lowest BCUT2D eigenvalue weighted by Crippen LogP contribution is -2.24. The molecular weight excluding hydrogens is 320 g/mol. The van der Waals surface area contributed by atoms with E-state index in [2.05, 4.69) is 10.5 Å². The predicted molar refractivity (Wildman–Crippen MR) is 95.6 cm³/mol. The van der Waals surface area contributed by atoms with E-state index in [1.165, 1.54) is 47.0 Å². The van der Waals surface area contributed by atoms with Crippen LogP contribution in [0.25, 0.3) is 0 Å². The van der Waals surface area contributed by atoms with Gasteiger partial charge < -0.3 is 14.2 Å². The van der Waals surface area contributed by atoms with Crippen molar-refractivity contribution in [3.05, 3.63) is 17.7 Å². The van der Waals surface area contributed by atoms with Crippen molar-refractivity contribution >= 4 is 11.6 Å². The van der Waals surface area contributed by atoms with Crippen LogP contribution in [0.3, 0.4) is 0 Å². The summed E-state index contributed by atoms with van der Waals surface area (Å²) in [5, 5.41) is 4.36. The molecule has 0 radical (unpaired) electrons. The molecule has 0 unspecified atom stereocenters. The van der Waals surface area contributed by atoms with Gasteiger partial charge in [-0.2, -0.15) is 5.10 Å². The van der Waals surface area contributed by atoms with Gasteiger partial charge in [-0.15, -0.1) is 0 Å². The number of methoxy groups -OCH3 is 3. The molecule has 6 nitrogen and oxygen atoms in total. The molecule has 1 aromatic carbocycles. The van der Waals surface area contributed by atoms with E-state index in [0.717, 1.165) is 17.5 Å². The van der Waals surface area contributed by atoms with Crippen molar-refractivity contribution in [3.8, 4) is 17.2 Å². The van der Waals surface area contributed by atoms with E-state index in [0.29, 0.717) is 28.7 Å². The Bertz CT molecular complexity index is 661. The van der Waals surface area contributed by atoms with Crippen LogP contribution in [0.4, 0.5) is 0 Å².